The molecular formula is C13H16N4O2. The van der Waals surface area contributed by atoms with Gasteiger partial charge in [0, 0.05) is 45.9 Å². The summed E-state index contributed by atoms with van der Waals surface area (Å²) in [6, 6.07) is 3.73. The van der Waals surface area contributed by atoms with Gasteiger partial charge in [0.25, 0.3) is 5.91 Å². The van der Waals surface area contributed by atoms with E-state index >= 15 is 0 Å². The number of carbonyl (C=O) groups excluding carboxylic acids is 2. The molecule has 1 aromatic heterocycles. The van der Waals surface area contributed by atoms with E-state index in [1.165, 1.54) is 5.01 Å². The van der Waals surface area contributed by atoms with Crippen molar-refractivity contribution in [3.63, 3.8) is 0 Å². The van der Waals surface area contributed by atoms with E-state index in [0.29, 0.717) is 25.1 Å². The Kier molecular flexibility index (Phi) is 3.89. The zero-order valence-corrected chi connectivity index (χ0v) is 11.0. The molecule has 0 aromatic carbocycles. The number of pyridine rings is 1. The number of hydrogen-bond donors (Lipinski definition) is 0. The molecule has 0 saturated carbocycles. The highest BCUT2D eigenvalue weighted by Gasteiger charge is 2.24. The van der Waals surface area contributed by atoms with E-state index < -0.39 is 0 Å². The summed E-state index contributed by atoms with van der Waals surface area (Å²) >= 11 is 0. The van der Waals surface area contributed by atoms with Crippen molar-refractivity contribution in [2.24, 2.45) is 5.10 Å². The third kappa shape index (κ3) is 3.15. The number of aromatic nitrogens is 1. The first-order valence-corrected chi connectivity index (χ1v) is 6.06. The summed E-state index contributed by atoms with van der Waals surface area (Å²) < 4.78 is 0. The maximum atomic E-state index is 12.2. The minimum absolute atomic E-state index is 0.0617. The summed E-state index contributed by atoms with van der Waals surface area (Å²) in [7, 11) is 3.29. The van der Waals surface area contributed by atoms with Crippen LogP contribution in [0.1, 0.15) is 18.4 Å². The van der Waals surface area contributed by atoms with Crippen molar-refractivity contribution in [2.75, 3.05) is 14.1 Å². The fourth-order valence-electron chi connectivity index (χ4n) is 1.88. The Morgan fingerprint density at radius 3 is 2.68 bits per heavy atom. The van der Waals surface area contributed by atoms with Crippen LogP contribution in [0, 0.1) is 0 Å². The lowest BCUT2D eigenvalue weighted by molar-refractivity contribution is -0.130. The largest absolute Gasteiger partial charge is 0.336 e. The molecule has 2 heterocycles. The molecule has 0 bridgehead atoms. The zero-order chi connectivity index (χ0) is 13.8. The third-order valence-electron chi connectivity index (χ3n) is 2.97. The van der Waals surface area contributed by atoms with E-state index in [1.54, 1.807) is 31.4 Å². The van der Waals surface area contributed by atoms with Crippen LogP contribution in [0.15, 0.2) is 29.6 Å². The molecule has 19 heavy (non-hydrogen) atoms. The fraction of sp³-hybridized carbons (Fsp3) is 0.385. The zero-order valence-electron chi connectivity index (χ0n) is 11.0. The van der Waals surface area contributed by atoms with E-state index in [0.717, 1.165) is 5.56 Å². The van der Waals surface area contributed by atoms with Crippen LogP contribution in [0.5, 0.6) is 0 Å². The van der Waals surface area contributed by atoms with Crippen LogP contribution in [-0.2, 0) is 16.1 Å². The molecule has 2 rings (SSSR count). The molecule has 6 heteroatoms. The summed E-state index contributed by atoms with van der Waals surface area (Å²) in [5, 5.41) is 5.26. The predicted molar refractivity (Wildman–Crippen MR) is 70.2 cm³/mol. The van der Waals surface area contributed by atoms with Crippen LogP contribution in [0.4, 0.5) is 0 Å². The van der Waals surface area contributed by atoms with Crippen molar-refractivity contribution in [1.29, 1.82) is 0 Å². The second kappa shape index (κ2) is 5.60. The highest BCUT2D eigenvalue weighted by Crippen LogP contribution is 2.10. The molecule has 0 N–H and O–H groups in total. The minimum Gasteiger partial charge on any atom is -0.336 e. The minimum atomic E-state index is -0.142. The second-order valence-corrected chi connectivity index (χ2v) is 4.48. The Bertz CT molecular complexity index is 513. The number of amides is 2. The van der Waals surface area contributed by atoms with E-state index in [4.69, 9.17) is 0 Å². The molecule has 0 unspecified atom stereocenters. The number of hydrazone groups is 1. The SMILES string of the molecule is CN(Cc1ccncc1)C(=O)C1=NN(C)C(=O)CC1. The second-order valence-electron chi connectivity index (χ2n) is 4.48. The molecule has 0 radical (unpaired) electrons. The topological polar surface area (TPSA) is 65.9 Å². The third-order valence-corrected chi connectivity index (χ3v) is 2.97. The summed E-state index contributed by atoms with van der Waals surface area (Å²) in [6.45, 7) is 0.498. The smallest absolute Gasteiger partial charge is 0.270 e. The Labute approximate surface area is 111 Å². The molecular weight excluding hydrogens is 244 g/mol. The average Bonchev–Trinajstić information content (AvgIpc) is 2.42. The Morgan fingerprint density at radius 2 is 2.05 bits per heavy atom. The van der Waals surface area contributed by atoms with E-state index in [2.05, 4.69) is 10.1 Å². The van der Waals surface area contributed by atoms with Gasteiger partial charge in [-0.1, -0.05) is 0 Å². The van der Waals surface area contributed by atoms with Gasteiger partial charge in [0.2, 0.25) is 5.91 Å². The van der Waals surface area contributed by atoms with Crippen LogP contribution in [0.3, 0.4) is 0 Å². The van der Waals surface area contributed by atoms with Gasteiger partial charge in [0.15, 0.2) is 0 Å². The van der Waals surface area contributed by atoms with Gasteiger partial charge in [-0.15, -0.1) is 0 Å². The van der Waals surface area contributed by atoms with Crippen LogP contribution in [0.2, 0.25) is 0 Å². The predicted octanol–water partition coefficient (Wildman–Crippen LogP) is 0.648. The summed E-state index contributed by atoms with van der Waals surface area (Å²) in [4.78, 5) is 29.0. The van der Waals surface area contributed by atoms with Crippen LogP contribution < -0.4 is 0 Å². The number of hydrogen-bond acceptors (Lipinski definition) is 4. The summed E-state index contributed by atoms with van der Waals surface area (Å²) in [5.74, 6) is -0.204. The molecule has 1 aromatic rings. The molecule has 1 aliphatic rings. The monoisotopic (exact) mass is 260 g/mol. The quantitative estimate of drug-likeness (QED) is 0.801. The van der Waals surface area contributed by atoms with Crippen molar-refractivity contribution in [3.8, 4) is 0 Å². The lowest BCUT2D eigenvalue weighted by atomic mass is 10.1. The average molecular weight is 260 g/mol. The Hall–Kier alpha value is -2.24. The van der Waals surface area contributed by atoms with Gasteiger partial charge in [-0.3, -0.25) is 14.6 Å². The summed E-state index contributed by atoms with van der Waals surface area (Å²) in [6.07, 6.45) is 4.13. The van der Waals surface area contributed by atoms with Crippen LogP contribution in [0.25, 0.3) is 0 Å². The highest BCUT2D eigenvalue weighted by atomic mass is 16.2. The molecule has 2 amide bonds. The maximum Gasteiger partial charge on any atom is 0.270 e. The van der Waals surface area contributed by atoms with Gasteiger partial charge < -0.3 is 4.90 Å². The van der Waals surface area contributed by atoms with Gasteiger partial charge >= 0.3 is 0 Å². The molecule has 6 nitrogen and oxygen atoms in total. The standard InChI is InChI=1S/C13H16N4O2/c1-16(9-10-5-7-14-8-6-10)13(19)11-3-4-12(18)17(2)15-11/h5-8H,3-4,9H2,1-2H3. The van der Waals surface area contributed by atoms with Gasteiger partial charge in [0.05, 0.1) is 0 Å². The van der Waals surface area contributed by atoms with Gasteiger partial charge in [0.1, 0.15) is 5.71 Å². The van der Waals surface area contributed by atoms with Gasteiger partial charge in [-0.25, -0.2) is 5.01 Å². The fourth-order valence-corrected chi connectivity index (χ4v) is 1.88. The molecule has 0 saturated heterocycles. The molecule has 0 atom stereocenters. The Balaban J connectivity index is 2.04. The van der Waals surface area contributed by atoms with E-state index in [1.807, 2.05) is 12.1 Å². The molecule has 0 aliphatic carbocycles. The van der Waals surface area contributed by atoms with Crippen molar-refractivity contribution in [3.05, 3.63) is 30.1 Å². The van der Waals surface area contributed by atoms with E-state index in [-0.39, 0.29) is 11.8 Å². The first kappa shape index (κ1) is 13.2. The van der Waals surface area contributed by atoms with Crippen molar-refractivity contribution < 1.29 is 9.59 Å². The van der Waals surface area contributed by atoms with Gasteiger partial charge in [-0.2, -0.15) is 5.10 Å². The van der Waals surface area contributed by atoms with Crippen LogP contribution in [-0.4, -0.2) is 46.5 Å². The molecule has 1 aliphatic heterocycles. The van der Waals surface area contributed by atoms with Crippen LogP contribution >= 0.6 is 0 Å². The van der Waals surface area contributed by atoms with Crippen molar-refractivity contribution in [2.45, 2.75) is 19.4 Å². The van der Waals surface area contributed by atoms with Crippen molar-refractivity contribution in [1.82, 2.24) is 14.9 Å². The maximum absolute atomic E-state index is 12.2. The lowest BCUT2D eigenvalue weighted by Gasteiger charge is -2.23. The van der Waals surface area contributed by atoms with Crippen molar-refractivity contribution >= 4 is 17.5 Å². The molecule has 0 fully saturated rings. The normalized spacial score (nSPS) is 15.2. The highest BCUT2D eigenvalue weighted by molar-refractivity contribution is 6.39. The number of carbonyl (C=O) groups is 2. The van der Waals surface area contributed by atoms with Gasteiger partial charge in [-0.05, 0) is 17.7 Å². The Morgan fingerprint density at radius 1 is 1.37 bits per heavy atom. The lowest BCUT2D eigenvalue weighted by Crippen LogP contribution is -2.38. The van der Waals surface area contributed by atoms with E-state index in [9.17, 15) is 9.59 Å². The number of nitrogens with zero attached hydrogens (tertiary/aromatic N) is 4. The molecule has 0 spiro atoms. The number of rotatable bonds is 3. The first-order valence-electron chi connectivity index (χ1n) is 6.06. The summed E-state index contributed by atoms with van der Waals surface area (Å²) in [5.41, 5.74) is 1.44. The molecule has 100 valence electrons. The first-order chi connectivity index (χ1) is 9.08.